The molecular formula is C11H15N3O4. The number of hydrogen-bond donors (Lipinski definition) is 2. The molecule has 18 heavy (non-hydrogen) atoms. The first-order valence-electron chi connectivity index (χ1n) is 5.33. The molecule has 0 saturated carbocycles. The number of nitro benzene ring substituents is 1. The fourth-order valence-electron chi connectivity index (χ4n) is 1.54. The van der Waals surface area contributed by atoms with E-state index in [0.717, 1.165) is 0 Å². The number of nitro groups is 1. The van der Waals surface area contributed by atoms with Gasteiger partial charge >= 0.3 is 0 Å². The van der Waals surface area contributed by atoms with Crippen molar-refractivity contribution in [1.82, 2.24) is 5.32 Å². The Morgan fingerprint density at radius 2 is 2.22 bits per heavy atom. The predicted molar refractivity (Wildman–Crippen MR) is 66.8 cm³/mol. The Balaban J connectivity index is 3.23. The third-order valence-electron chi connectivity index (χ3n) is 2.51. The van der Waals surface area contributed by atoms with E-state index >= 15 is 0 Å². The van der Waals surface area contributed by atoms with Crippen molar-refractivity contribution in [3.05, 3.63) is 33.9 Å². The van der Waals surface area contributed by atoms with Crippen molar-refractivity contribution in [2.75, 3.05) is 32.1 Å². The molecule has 0 saturated heterocycles. The molecule has 1 aromatic rings. The second-order valence-electron chi connectivity index (χ2n) is 3.68. The fraction of sp³-hybridized carbons (Fsp3) is 0.364. The van der Waals surface area contributed by atoms with Crippen LogP contribution in [0.15, 0.2) is 18.2 Å². The lowest BCUT2D eigenvalue weighted by Gasteiger charge is -2.18. The number of carbonyl (C=O) groups excluding carboxylic acids is 1. The molecule has 0 aromatic heterocycles. The number of amides is 1. The number of rotatable bonds is 5. The van der Waals surface area contributed by atoms with E-state index < -0.39 is 4.92 Å². The van der Waals surface area contributed by atoms with Gasteiger partial charge in [0.15, 0.2) is 0 Å². The molecule has 0 aliphatic carbocycles. The molecule has 0 atom stereocenters. The molecule has 0 heterocycles. The topological polar surface area (TPSA) is 95.7 Å². The van der Waals surface area contributed by atoms with Crippen molar-refractivity contribution >= 4 is 17.3 Å². The van der Waals surface area contributed by atoms with Gasteiger partial charge in [-0.1, -0.05) is 0 Å². The number of hydrogen-bond acceptors (Lipinski definition) is 5. The van der Waals surface area contributed by atoms with E-state index in [0.29, 0.717) is 11.3 Å². The minimum Gasteiger partial charge on any atom is -0.395 e. The van der Waals surface area contributed by atoms with Gasteiger partial charge in [-0.25, -0.2) is 0 Å². The number of aliphatic hydroxyl groups excluding tert-OH is 1. The second-order valence-corrected chi connectivity index (χ2v) is 3.68. The molecule has 98 valence electrons. The summed E-state index contributed by atoms with van der Waals surface area (Å²) >= 11 is 0. The lowest BCUT2D eigenvalue weighted by Crippen LogP contribution is -2.23. The Labute approximate surface area is 104 Å². The number of likely N-dealkylation sites (N-methyl/N-ethyl adjacent to an activating group) is 1. The summed E-state index contributed by atoms with van der Waals surface area (Å²) in [6.07, 6.45) is 0. The monoisotopic (exact) mass is 253 g/mol. The summed E-state index contributed by atoms with van der Waals surface area (Å²) in [5, 5.41) is 22.2. The Kier molecular flexibility index (Phi) is 4.61. The molecule has 0 aliphatic heterocycles. The zero-order valence-electron chi connectivity index (χ0n) is 10.2. The number of benzene rings is 1. The predicted octanol–water partition coefficient (Wildman–Crippen LogP) is 0.383. The van der Waals surface area contributed by atoms with E-state index in [1.165, 1.54) is 30.1 Å². The van der Waals surface area contributed by atoms with Crippen LogP contribution in [0, 0.1) is 10.1 Å². The molecule has 1 aromatic carbocycles. The van der Waals surface area contributed by atoms with E-state index in [9.17, 15) is 14.9 Å². The van der Waals surface area contributed by atoms with Crippen molar-refractivity contribution in [2.24, 2.45) is 0 Å². The summed E-state index contributed by atoms with van der Waals surface area (Å²) < 4.78 is 0. The van der Waals surface area contributed by atoms with E-state index in [1.807, 2.05) is 0 Å². The molecule has 1 amide bonds. The van der Waals surface area contributed by atoms with Crippen LogP contribution in [0.2, 0.25) is 0 Å². The maximum absolute atomic E-state index is 11.5. The van der Waals surface area contributed by atoms with Gasteiger partial charge in [-0.3, -0.25) is 14.9 Å². The lowest BCUT2D eigenvalue weighted by molar-refractivity contribution is -0.384. The number of nitrogens with zero attached hydrogens (tertiary/aromatic N) is 2. The number of aliphatic hydroxyl groups is 1. The van der Waals surface area contributed by atoms with Gasteiger partial charge in [0.1, 0.15) is 5.69 Å². The van der Waals surface area contributed by atoms with E-state index in [1.54, 1.807) is 7.05 Å². The summed E-state index contributed by atoms with van der Waals surface area (Å²) in [6, 6.07) is 4.12. The maximum Gasteiger partial charge on any atom is 0.292 e. The summed E-state index contributed by atoms with van der Waals surface area (Å²) in [5.41, 5.74) is 0.539. The summed E-state index contributed by atoms with van der Waals surface area (Å²) in [4.78, 5) is 23.4. The zero-order chi connectivity index (χ0) is 13.7. The van der Waals surface area contributed by atoms with Crippen molar-refractivity contribution in [2.45, 2.75) is 0 Å². The lowest BCUT2D eigenvalue weighted by atomic mass is 10.1. The molecule has 0 radical (unpaired) electrons. The molecule has 0 fully saturated rings. The van der Waals surface area contributed by atoms with Gasteiger partial charge < -0.3 is 15.3 Å². The SMILES string of the molecule is CNC(=O)c1ccc([N+](=O)[O-])c(N(C)CCO)c1. The highest BCUT2D eigenvalue weighted by Crippen LogP contribution is 2.28. The third kappa shape index (κ3) is 2.95. The van der Waals surface area contributed by atoms with Gasteiger partial charge in [0.05, 0.1) is 11.5 Å². The van der Waals surface area contributed by atoms with Crippen LogP contribution < -0.4 is 10.2 Å². The van der Waals surface area contributed by atoms with Crippen LogP contribution in [0.1, 0.15) is 10.4 Å². The molecule has 0 spiro atoms. The smallest absolute Gasteiger partial charge is 0.292 e. The molecule has 7 heteroatoms. The van der Waals surface area contributed by atoms with Gasteiger partial charge in [-0.05, 0) is 12.1 Å². The average Bonchev–Trinajstić information content (AvgIpc) is 2.37. The third-order valence-corrected chi connectivity index (χ3v) is 2.51. The molecule has 1 rings (SSSR count). The zero-order valence-corrected chi connectivity index (χ0v) is 10.2. The van der Waals surface area contributed by atoms with Gasteiger partial charge in [0, 0.05) is 32.3 Å². The Morgan fingerprint density at radius 3 is 2.72 bits per heavy atom. The standard InChI is InChI=1S/C11H15N3O4/c1-12-11(16)8-3-4-9(14(17)18)10(7-8)13(2)5-6-15/h3-4,7,15H,5-6H2,1-2H3,(H,12,16). The first-order valence-corrected chi connectivity index (χ1v) is 5.33. The first kappa shape index (κ1) is 13.9. The van der Waals surface area contributed by atoms with Gasteiger partial charge in [0.25, 0.3) is 11.6 Å². The fourth-order valence-corrected chi connectivity index (χ4v) is 1.54. The molecule has 7 nitrogen and oxygen atoms in total. The van der Waals surface area contributed by atoms with Crippen LogP contribution >= 0.6 is 0 Å². The largest absolute Gasteiger partial charge is 0.395 e. The molecule has 2 N–H and O–H groups in total. The van der Waals surface area contributed by atoms with Crippen molar-refractivity contribution < 1.29 is 14.8 Å². The Morgan fingerprint density at radius 1 is 1.56 bits per heavy atom. The number of nitrogens with one attached hydrogen (secondary N) is 1. The normalized spacial score (nSPS) is 9.94. The molecular weight excluding hydrogens is 238 g/mol. The van der Waals surface area contributed by atoms with Crippen LogP contribution in [0.3, 0.4) is 0 Å². The Bertz CT molecular complexity index is 462. The van der Waals surface area contributed by atoms with Crippen molar-refractivity contribution in [1.29, 1.82) is 0 Å². The van der Waals surface area contributed by atoms with Crippen molar-refractivity contribution in [3.8, 4) is 0 Å². The average molecular weight is 253 g/mol. The highest BCUT2D eigenvalue weighted by molar-refractivity contribution is 5.95. The molecule has 0 unspecified atom stereocenters. The highest BCUT2D eigenvalue weighted by Gasteiger charge is 2.19. The van der Waals surface area contributed by atoms with Gasteiger partial charge in [-0.2, -0.15) is 0 Å². The minimum atomic E-state index is -0.517. The van der Waals surface area contributed by atoms with E-state index in [4.69, 9.17) is 5.11 Å². The first-order chi connectivity index (χ1) is 8.51. The van der Waals surface area contributed by atoms with Crippen LogP contribution in [-0.2, 0) is 0 Å². The highest BCUT2D eigenvalue weighted by atomic mass is 16.6. The van der Waals surface area contributed by atoms with Crippen LogP contribution in [-0.4, -0.2) is 43.2 Å². The molecule has 0 aliphatic rings. The van der Waals surface area contributed by atoms with Crippen LogP contribution in [0.25, 0.3) is 0 Å². The van der Waals surface area contributed by atoms with Crippen LogP contribution in [0.4, 0.5) is 11.4 Å². The summed E-state index contributed by atoms with van der Waals surface area (Å²) in [5.74, 6) is -0.316. The van der Waals surface area contributed by atoms with Gasteiger partial charge in [0.2, 0.25) is 0 Å². The number of anilines is 1. The van der Waals surface area contributed by atoms with Gasteiger partial charge in [-0.15, -0.1) is 0 Å². The minimum absolute atomic E-state index is 0.0985. The second kappa shape index (κ2) is 5.97. The van der Waals surface area contributed by atoms with E-state index in [-0.39, 0.29) is 24.7 Å². The molecule has 0 bridgehead atoms. The maximum atomic E-state index is 11.5. The number of carbonyl (C=O) groups is 1. The van der Waals surface area contributed by atoms with E-state index in [2.05, 4.69) is 5.32 Å². The quantitative estimate of drug-likeness (QED) is 0.584. The van der Waals surface area contributed by atoms with Crippen molar-refractivity contribution in [3.63, 3.8) is 0 Å². The summed E-state index contributed by atoms with van der Waals surface area (Å²) in [7, 11) is 3.10. The summed E-state index contributed by atoms with van der Waals surface area (Å²) in [6.45, 7) is 0.121. The Hall–Kier alpha value is -2.15. The van der Waals surface area contributed by atoms with Crippen LogP contribution in [0.5, 0.6) is 0 Å².